The van der Waals surface area contributed by atoms with Gasteiger partial charge in [-0.2, -0.15) is 0 Å². The summed E-state index contributed by atoms with van der Waals surface area (Å²) < 4.78 is 14.7. The standard InChI is InChI=1S/C9H12O5/c1-12-4-5-13-6-7-2-3-14-8(7)9(10)11/h2-3H,4-6H2,1H3,(H,10,11). The Bertz CT molecular complexity index is 291. The third kappa shape index (κ3) is 2.86. The predicted molar refractivity (Wildman–Crippen MR) is 47.2 cm³/mol. The van der Waals surface area contributed by atoms with E-state index >= 15 is 0 Å². The van der Waals surface area contributed by atoms with Crippen LogP contribution in [0.2, 0.25) is 0 Å². The van der Waals surface area contributed by atoms with Crippen LogP contribution < -0.4 is 0 Å². The van der Waals surface area contributed by atoms with Crippen molar-refractivity contribution in [1.29, 1.82) is 0 Å². The molecule has 1 N–H and O–H groups in total. The van der Waals surface area contributed by atoms with E-state index in [1.54, 1.807) is 13.2 Å². The van der Waals surface area contributed by atoms with E-state index in [1.165, 1.54) is 6.26 Å². The lowest BCUT2D eigenvalue weighted by Crippen LogP contribution is -2.04. The SMILES string of the molecule is COCCOCc1ccoc1C(=O)O. The molecule has 0 radical (unpaired) electrons. The van der Waals surface area contributed by atoms with Crippen LogP contribution in [0.1, 0.15) is 16.1 Å². The van der Waals surface area contributed by atoms with E-state index in [1.807, 2.05) is 0 Å². The summed E-state index contributed by atoms with van der Waals surface area (Å²) in [6.45, 7) is 1.14. The summed E-state index contributed by atoms with van der Waals surface area (Å²) in [4.78, 5) is 10.6. The molecule has 5 nitrogen and oxygen atoms in total. The molecule has 78 valence electrons. The molecule has 0 aliphatic rings. The zero-order valence-electron chi connectivity index (χ0n) is 7.86. The number of carboxylic acid groups (broad SMARTS) is 1. The Balaban J connectivity index is 2.42. The molecule has 0 amide bonds. The van der Waals surface area contributed by atoms with Gasteiger partial charge in [0.05, 0.1) is 26.1 Å². The molecule has 0 fully saturated rings. The monoisotopic (exact) mass is 200 g/mol. The first-order valence-corrected chi connectivity index (χ1v) is 4.12. The quantitative estimate of drug-likeness (QED) is 0.697. The van der Waals surface area contributed by atoms with Crippen molar-refractivity contribution >= 4 is 5.97 Å². The number of hydrogen-bond acceptors (Lipinski definition) is 4. The molecule has 0 unspecified atom stereocenters. The van der Waals surface area contributed by atoms with E-state index in [0.29, 0.717) is 18.8 Å². The second-order valence-electron chi connectivity index (χ2n) is 2.63. The minimum absolute atomic E-state index is 0.0672. The summed E-state index contributed by atoms with van der Waals surface area (Å²) in [5, 5.41) is 8.68. The van der Waals surface area contributed by atoms with E-state index in [2.05, 4.69) is 0 Å². The van der Waals surface area contributed by atoms with Gasteiger partial charge in [0.15, 0.2) is 0 Å². The molecule has 5 heteroatoms. The fourth-order valence-corrected chi connectivity index (χ4v) is 0.961. The third-order valence-corrected chi connectivity index (χ3v) is 1.63. The summed E-state index contributed by atoms with van der Waals surface area (Å²) in [5.41, 5.74) is 0.536. The van der Waals surface area contributed by atoms with E-state index < -0.39 is 5.97 Å². The Labute approximate surface area is 81.2 Å². The van der Waals surface area contributed by atoms with Crippen molar-refractivity contribution in [2.24, 2.45) is 0 Å². The van der Waals surface area contributed by atoms with Crippen LogP contribution in [-0.4, -0.2) is 31.4 Å². The Morgan fingerprint density at radius 2 is 2.36 bits per heavy atom. The highest BCUT2D eigenvalue weighted by molar-refractivity contribution is 5.85. The smallest absolute Gasteiger partial charge is 0.372 e. The van der Waals surface area contributed by atoms with Crippen molar-refractivity contribution in [2.45, 2.75) is 6.61 Å². The van der Waals surface area contributed by atoms with Gasteiger partial charge in [0.25, 0.3) is 0 Å². The molecule has 0 saturated heterocycles. The number of aromatic carboxylic acids is 1. The van der Waals surface area contributed by atoms with Crippen LogP contribution in [0.3, 0.4) is 0 Å². The Hall–Kier alpha value is -1.33. The van der Waals surface area contributed by atoms with Crippen molar-refractivity contribution in [2.75, 3.05) is 20.3 Å². The normalized spacial score (nSPS) is 10.4. The van der Waals surface area contributed by atoms with Crippen molar-refractivity contribution in [3.05, 3.63) is 23.7 Å². The van der Waals surface area contributed by atoms with Gasteiger partial charge >= 0.3 is 5.97 Å². The van der Waals surface area contributed by atoms with Gasteiger partial charge in [0.2, 0.25) is 5.76 Å². The van der Waals surface area contributed by atoms with Crippen LogP contribution in [0.5, 0.6) is 0 Å². The fraction of sp³-hybridized carbons (Fsp3) is 0.444. The Morgan fingerprint density at radius 3 is 3.00 bits per heavy atom. The third-order valence-electron chi connectivity index (χ3n) is 1.63. The predicted octanol–water partition coefficient (Wildman–Crippen LogP) is 1.14. The zero-order chi connectivity index (χ0) is 10.4. The minimum Gasteiger partial charge on any atom is -0.475 e. The fourth-order valence-electron chi connectivity index (χ4n) is 0.961. The number of carboxylic acids is 1. The second kappa shape index (κ2) is 5.41. The lowest BCUT2D eigenvalue weighted by molar-refractivity contribution is 0.0571. The van der Waals surface area contributed by atoms with Gasteiger partial charge < -0.3 is 19.0 Å². The average Bonchev–Trinajstić information content (AvgIpc) is 2.60. The summed E-state index contributed by atoms with van der Waals surface area (Å²) in [7, 11) is 1.57. The van der Waals surface area contributed by atoms with Gasteiger partial charge in [-0.3, -0.25) is 0 Å². The highest BCUT2D eigenvalue weighted by atomic mass is 16.5. The first kappa shape index (κ1) is 10.7. The van der Waals surface area contributed by atoms with Crippen LogP contribution in [0.4, 0.5) is 0 Å². The average molecular weight is 200 g/mol. The topological polar surface area (TPSA) is 68.9 Å². The van der Waals surface area contributed by atoms with Gasteiger partial charge in [-0.25, -0.2) is 4.79 Å². The largest absolute Gasteiger partial charge is 0.475 e. The maximum absolute atomic E-state index is 10.6. The molecule has 0 atom stereocenters. The van der Waals surface area contributed by atoms with E-state index in [0.717, 1.165) is 0 Å². The van der Waals surface area contributed by atoms with Gasteiger partial charge in [0.1, 0.15) is 0 Å². The van der Waals surface area contributed by atoms with Crippen LogP contribution in [-0.2, 0) is 16.1 Å². The number of hydrogen-bond donors (Lipinski definition) is 1. The van der Waals surface area contributed by atoms with E-state index in [-0.39, 0.29) is 12.4 Å². The lowest BCUT2D eigenvalue weighted by atomic mass is 10.2. The minimum atomic E-state index is -1.08. The Kier molecular flexibility index (Phi) is 4.15. The van der Waals surface area contributed by atoms with Crippen LogP contribution in [0, 0.1) is 0 Å². The molecule has 1 rings (SSSR count). The van der Waals surface area contributed by atoms with E-state index in [4.69, 9.17) is 19.0 Å². The number of carbonyl (C=O) groups is 1. The van der Waals surface area contributed by atoms with Crippen molar-refractivity contribution in [3.8, 4) is 0 Å². The molecule has 1 aromatic rings. The summed E-state index contributed by atoms with van der Waals surface area (Å²) in [6, 6.07) is 1.58. The first-order valence-electron chi connectivity index (χ1n) is 4.12. The molecule has 0 aliphatic carbocycles. The van der Waals surface area contributed by atoms with Crippen molar-refractivity contribution < 1.29 is 23.8 Å². The summed E-state index contributed by atoms with van der Waals surface area (Å²) in [5.74, 6) is -1.15. The second-order valence-corrected chi connectivity index (χ2v) is 2.63. The highest BCUT2D eigenvalue weighted by Crippen LogP contribution is 2.11. The molecule has 14 heavy (non-hydrogen) atoms. The van der Waals surface area contributed by atoms with Gasteiger partial charge in [-0.1, -0.05) is 0 Å². The lowest BCUT2D eigenvalue weighted by Gasteiger charge is -2.01. The molecule has 1 heterocycles. The molecule has 0 saturated carbocycles. The molecular weight excluding hydrogens is 188 g/mol. The van der Waals surface area contributed by atoms with E-state index in [9.17, 15) is 4.79 Å². The van der Waals surface area contributed by atoms with Gasteiger partial charge in [-0.05, 0) is 6.07 Å². The zero-order valence-corrected chi connectivity index (χ0v) is 7.86. The summed E-state index contributed by atoms with van der Waals surface area (Å²) >= 11 is 0. The van der Waals surface area contributed by atoms with Gasteiger partial charge in [0, 0.05) is 12.7 Å². The molecule has 0 aliphatic heterocycles. The van der Waals surface area contributed by atoms with Crippen molar-refractivity contribution in [1.82, 2.24) is 0 Å². The number of furan rings is 1. The molecule has 0 aromatic carbocycles. The summed E-state index contributed by atoms with van der Waals surface area (Å²) in [6.07, 6.45) is 1.33. The highest BCUT2D eigenvalue weighted by Gasteiger charge is 2.13. The maximum Gasteiger partial charge on any atom is 0.372 e. The molecule has 1 aromatic heterocycles. The van der Waals surface area contributed by atoms with Crippen LogP contribution >= 0.6 is 0 Å². The van der Waals surface area contributed by atoms with Gasteiger partial charge in [-0.15, -0.1) is 0 Å². The molecule has 0 spiro atoms. The number of rotatable bonds is 6. The molecular formula is C9H12O5. The van der Waals surface area contributed by atoms with Crippen LogP contribution in [0.15, 0.2) is 16.7 Å². The molecule has 0 bridgehead atoms. The first-order chi connectivity index (χ1) is 6.75. The number of methoxy groups -OCH3 is 1. The maximum atomic E-state index is 10.6. The van der Waals surface area contributed by atoms with Crippen molar-refractivity contribution in [3.63, 3.8) is 0 Å². The van der Waals surface area contributed by atoms with Crippen LogP contribution in [0.25, 0.3) is 0 Å². The number of ether oxygens (including phenoxy) is 2. The Morgan fingerprint density at radius 1 is 1.57 bits per heavy atom.